The predicted molar refractivity (Wildman–Crippen MR) is 53.5 cm³/mol. The number of rotatable bonds is 3. The van der Waals surface area contributed by atoms with Gasteiger partial charge < -0.3 is 10.1 Å². The fraction of sp³-hybridized carbons (Fsp3) is 0.111. The molecule has 1 aromatic rings. The number of benzene rings is 1. The summed E-state index contributed by atoms with van der Waals surface area (Å²) >= 11 is 3.27. The van der Waals surface area contributed by atoms with Crippen molar-refractivity contribution in [3.63, 3.8) is 0 Å². The Labute approximate surface area is 84.3 Å². The molecule has 3 nitrogen and oxygen atoms in total. The molecular weight excluding hydrogens is 234 g/mol. The summed E-state index contributed by atoms with van der Waals surface area (Å²) in [6, 6.07) is 7.15. The molecule has 1 amide bonds. The topological polar surface area (TPSA) is 46.2 Å². The van der Waals surface area contributed by atoms with Gasteiger partial charge in [0.1, 0.15) is 6.29 Å². The Morgan fingerprint density at radius 1 is 1.38 bits per heavy atom. The predicted octanol–water partition coefficient (Wildman–Crippen LogP) is 1.98. The Balaban J connectivity index is 2.59. The lowest BCUT2D eigenvalue weighted by Crippen LogP contribution is -2.11. The van der Waals surface area contributed by atoms with Crippen molar-refractivity contribution in [1.29, 1.82) is 0 Å². The van der Waals surface area contributed by atoms with Gasteiger partial charge in [0.2, 0.25) is 5.91 Å². The van der Waals surface area contributed by atoms with Crippen LogP contribution in [0.15, 0.2) is 28.7 Å². The summed E-state index contributed by atoms with van der Waals surface area (Å²) in [5.41, 5.74) is 0.690. The van der Waals surface area contributed by atoms with E-state index in [1.54, 1.807) is 12.1 Å². The maximum Gasteiger partial charge on any atom is 0.231 e. The maximum atomic E-state index is 10.9. The Morgan fingerprint density at radius 2 is 2.00 bits per heavy atom. The van der Waals surface area contributed by atoms with Gasteiger partial charge in [-0.15, -0.1) is 0 Å². The Morgan fingerprint density at radius 3 is 2.54 bits per heavy atom. The van der Waals surface area contributed by atoms with E-state index in [0.717, 1.165) is 4.47 Å². The van der Waals surface area contributed by atoms with Crippen molar-refractivity contribution in [1.82, 2.24) is 0 Å². The molecule has 0 saturated heterocycles. The summed E-state index contributed by atoms with van der Waals surface area (Å²) in [4.78, 5) is 20.9. The number of hydrogen-bond donors (Lipinski definition) is 1. The van der Waals surface area contributed by atoms with Crippen molar-refractivity contribution in [3.05, 3.63) is 28.7 Å². The minimum absolute atomic E-state index is 0.101. The minimum Gasteiger partial charge on any atom is -0.326 e. The van der Waals surface area contributed by atoms with Crippen LogP contribution >= 0.6 is 15.9 Å². The first-order valence-corrected chi connectivity index (χ1v) is 4.50. The number of nitrogens with one attached hydrogen (secondary N) is 1. The molecule has 0 bridgehead atoms. The molecular formula is C9H8BrNO2. The molecule has 0 aliphatic rings. The average Bonchev–Trinajstić information content (AvgIpc) is 2.09. The van der Waals surface area contributed by atoms with Gasteiger partial charge in [-0.1, -0.05) is 15.9 Å². The molecule has 0 spiro atoms. The van der Waals surface area contributed by atoms with Gasteiger partial charge in [-0.05, 0) is 24.3 Å². The van der Waals surface area contributed by atoms with Crippen LogP contribution in [0.5, 0.6) is 0 Å². The monoisotopic (exact) mass is 241 g/mol. The van der Waals surface area contributed by atoms with Crippen LogP contribution in [0.1, 0.15) is 6.42 Å². The van der Waals surface area contributed by atoms with Gasteiger partial charge >= 0.3 is 0 Å². The zero-order valence-corrected chi connectivity index (χ0v) is 8.37. The number of carbonyl (C=O) groups is 2. The van der Waals surface area contributed by atoms with Crippen LogP contribution < -0.4 is 5.32 Å². The van der Waals surface area contributed by atoms with Gasteiger partial charge in [0.15, 0.2) is 0 Å². The second-order valence-electron chi connectivity index (χ2n) is 2.43. The van der Waals surface area contributed by atoms with E-state index in [9.17, 15) is 9.59 Å². The van der Waals surface area contributed by atoms with Crippen LogP contribution in [-0.2, 0) is 9.59 Å². The van der Waals surface area contributed by atoms with Crippen LogP contribution in [0.25, 0.3) is 0 Å². The Hall–Kier alpha value is -1.16. The number of amides is 1. The van der Waals surface area contributed by atoms with Crippen molar-refractivity contribution in [2.24, 2.45) is 0 Å². The third-order valence-corrected chi connectivity index (χ3v) is 1.93. The first kappa shape index (κ1) is 9.92. The number of halogens is 1. The van der Waals surface area contributed by atoms with Gasteiger partial charge in [0.05, 0.1) is 6.42 Å². The minimum atomic E-state index is -0.294. The second kappa shape index (κ2) is 4.77. The summed E-state index contributed by atoms with van der Waals surface area (Å²) in [6.07, 6.45) is 0.476. The molecule has 0 fully saturated rings. The molecule has 0 aromatic heterocycles. The molecule has 0 radical (unpaired) electrons. The van der Waals surface area contributed by atoms with Crippen molar-refractivity contribution in [2.45, 2.75) is 6.42 Å². The van der Waals surface area contributed by atoms with Crippen molar-refractivity contribution < 1.29 is 9.59 Å². The number of hydrogen-bond acceptors (Lipinski definition) is 2. The SMILES string of the molecule is O=CCC(=O)Nc1ccc(Br)cc1. The van der Waals surface area contributed by atoms with Crippen LogP contribution in [0.3, 0.4) is 0 Å². The molecule has 0 heterocycles. The lowest BCUT2D eigenvalue weighted by Gasteiger charge is -2.01. The van der Waals surface area contributed by atoms with E-state index >= 15 is 0 Å². The molecule has 68 valence electrons. The van der Waals surface area contributed by atoms with E-state index in [4.69, 9.17) is 0 Å². The van der Waals surface area contributed by atoms with E-state index in [1.807, 2.05) is 12.1 Å². The van der Waals surface area contributed by atoms with Crippen LogP contribution in [0.2, 0.25) is 0 Å². The average molecular weight is 242 g/mol. The first-order valence-electron chi connectivity index (χ1n) is 3.71. The molecule has 13 heavy (non-hydrogen) atoms. The largest absolute Gasteiger partial charge is 0.326 e. The number of aldehydes is 1. The van der Waals surface area contributed by atoms with Crippen LogP contribution in [0, 0.1) is 0 Å². The first-order chi connectivity index (χ1) is 6.22. The third-order valence-electron chi connectivity index (χ3n) is 1.40. The van der Waals surface area contributed by atoms with Gasteiger partial charge in [0.25, 0.3) is 0 Å². The lowest BCUT2D eigenvalue weighted by atomic mass is 10.3. The zero-order valence-electron chi connectivity index (χ0n) is 6.79. The van der Waals surface area contributed by atoms with E-state index in [0.29, 0.717) is 12.0 Å². The lowest BCUT2D eigenvalue weighted by molar-refractivity contribution is -0.119. The van der Waals surface area contributed by atoms with Gasteiger partial charge in [-0.3, -0.25) is 4.79 Å². The van der Waals surface area contributed by atoms with Gasteiger partial charge in [0, 0.05) is 10.2 Å². The normalized spacial score (nSPS) is 9.31. The highest BCUT2D eigenvalue weighted by Crippen LogP contribution is 2.13. The van der Waals surface area contributed by atoms with E-state index in [2.05, 4.69) is 21.2 Å². The summed E-state index contributed by atoms with van der Waals surface area (Å²) in [6.45, 7) is 0. The highest BCUT2D eigenvalue weighted by Gasteiger charge is 1.99. The van der Waals surface area contributed by atoms with E-state index in [-0.39, 0.29) is 12.3 Å². The summed E-state index contributed by atoms with van der Waals surface area (Å²) in [7, 11) is 0. The number of carbonyl (C=O) groups excluding carboxylic acids is 2. The quantitative estimate of drug-likeness (QED) is 0.650. The summed E-state index contributed by atoms with van der Waals surface area (Å²) in [5, 5.41) is 2.58. The summed E-state index contributed by atoms with van der Waals surface area (Å²) in [5.74, 6) is -0.294. The van der Waals surface area contributed by atoms with E-state index < -0.39 is 0 Å². The van der Waals surface area contributed by atoms with Crippen LogP contribution in [0.4, 0.5) is 5.69 Å². The second-order valence-corrected chi connectivity index (χ2v) is 3.34. The van der Waals surface area contributed by atoms with E-state index in [1.165, 1.54) is 0 Å². The highest BCUT2D eigenvalue weighted by molar-refractivity contribution is 9.10. The van der Waals surface area contributed by atoms with Gasteiger partial charge in [-0.2, -0.15) is 0 Å². The highest BCUT2D eigenvalue weighted by atomic mass is 79.9. The van der Waals surface area contributed by atoms with Crippen molar-refractivity contribution >= 4 is 33.8 Å². The molecule has 0 saturated carbocycles. The standard InChI is InChI=1S/C9H8BrNO2/c10-7-1-3-8(4-2-7)11-9(13)5-6-12/h1-4,6H,5H2,(H,11,13). The van der Waals surface area contributed by atoms with Crippen molar-refractivity contribution in [2.75, 3.05) is 5.32 Å². The van der Waals surface area contributed by atoms with Crippen molar-refractivity contribution in [3.8, 4) is 0 Å². The molecule has 1 N–H and O–H groups in total. The molecule has 1 rings (SSSR count). The molecule has 0 aliphatic heterocycles. The number of anilines is 1. The Kier molecular flexibility index (Phi) is 3.64. The van der Waals surface area contributed by atoms with Gasteiger partial charge in [-0.25, -0.2) is 0 Å². The zero-order chi connectivity index (χ0) is 9.68. The fourth-order valence-corrected chi connectivity index (χ4v) is 1.09. The molecule has 4 heteroatoms. The third kappa shape index (κ3) is 3.38. The summed E-state index contributed by atoms with van der Waals surface area (Å²) < 4.78 is 0.945. The van der Waals surface area contributed by atoms with Crippen LogP contribution in [-0.4, -0.2) is 12.2 Å². The molecule has 0 aliphatic carbocycles. The molecule has 0 unspecified atom stereocenters. The molecule has 1 aromatic carbocycles. The maximum absolute atomic E-state index is 10.9. The molecule has 0 atom stereocenters. The fourth-order valence-electron chi connectivity index (χ4n) is 0.821. The Bertz CT molecular complexity index is 308. The smallest absolute Gasteiger partial charge is 0.231 e.